The lowest BCUT2D eigenvalue weighted by Crippen LogP contribution is -2.10. The number of ether oxygens (including phenoxy) is 1. The van der Waals surface area contributed by atoms with E-state index in [9.17, 15) is 9.59 Å². The van der Waals surface area contributed by atoms with Crippen molar-refractivity contribution in [2.75, 3.05) is 0 Å². The van der Waals surface area contributed by atoms with E-state index in [-0.39, 0.29) is 18.0 Å². The molecule has 23 heavy (non-hydrogen) atoms. The van der Waals surface area contributed by atoms with Gasteiger partial charge >= 0.3 is 5.97 Å². The number of benzene rings is 1. The Kier molecular flexibility index (Phi) is 4.07. The van der Waals surface area contributed by atoms with Crippen LogP contribution >= 0.6 is 11.3 Å². The molecule has 3 rings (SSSR count). The summed E-state index contributed by atoms with van der Waals surface area (Å²) in [6.07, 6.45) is 0. The van der Waals surface area contributed by atoms with E-state index < -0.39 is 5.97 Å². The Labute approximate surface area is 135 Å². The minimum absolute atomic E-state index is 0.226. The molecule has 8 heteroatoms. The van der Waals surface area contributed by atoms with Crippen molar-refractivity contribution in [2.45, 2.75) is 20.1 Å². The van der Waals surface area contributed by atoms with Crippen molar-refractivity contribution < 1.29 is 19.4 Å². The number of aromatic nitrogens is 3. The van der Waals surface area contributed by atoms with Crippen LogP contribution in [0.1, 0.15) is 23.1 Å². The minimum atomic E-state index is -1.02. The maximum Gasteiger partial charge on any atom is 0.325 e. The Hall–Kier alpha value is -2.74. The smallest absolute Gasteiger partial charge is 0.325 e. The van der Waals surface area contributed by atoms with Crippen LogP contribution in [0, 0.1) is 0 Å². The normalized spacial score (nSPS) is 10.8. The van der Waals surface area contributed by atoms with Gasteiger partial charge in [0.1, 0.15) is 24.6 Å². The monoisotopic (exact) mass is 331 g/mol. The zero-order valence-corrected chi connectivity index (χ0v) is 13.0. The molecular weight excluding hydrogens is 318 g/mol. The van der Waals surface area contributed by atoms with Gasteiger partial charge in [-0.25, -0.2) is 4.98 Å². The highest BCUT2D eigenvalue weighted by Crippen LogP contribution is 2.25. The van der Waals surface area contributed by atoms with Crippen LogP contribution in [0.3, 0.4) is 0 Å². The predicted octanol–water partition coefficient (Wildman–Crippen LogP) is 2.36. The van der Waals surface area contributed by atoms with Crippen LogP contribution in [-0.4, -0.2) is 31.6 Å². The van der Waals surface area contributed by atoms with Crippen LogP contribution < -0.4 is 4.74 Å². The van der Waals surface area contributed by atoms with E-state index in [1.165, 1.54) is 22.9 Å². The van der Waals surface area contributed by atoms with E-state index >= 15 is 0 Å². The number of carboxylic acids is 1. The third-order valence-electron chi connectivity index (χ3n) is 3.21. The van der Waals surface area contributed by atoms with Crippen molar-refractivity contribution in [3.05, 3.63) is 40.5 Å². The molecular formula is C15H13N3O4S. The lowest BCUT2D eigenvalue weighted by Gasteiger charge is -2.05. The molecule has 0 saturated heterocycles. The largest absolute Gasteiger partial charge is 0.487 e. The number of Topliss-reactive ketones (excluding diaryl/α,β-unsaturated/α-hetero) is 1. The van der Waals surface area contributed by atoms with Gasteiger partial charge in [-0.1, -0.05) is 0 Å². The lowest BCUT2D eigenvalue weighted by atomic mass is 10.1. The second-order valence-corrected chi connectivity index (χ2v) is 5.62. The molecule has 7 nitrogen and oxygen atoms in total. The van der Waals surface area contributed by atoms with Gasteiger partial charge < -0.3 is 9.84 Å². The molecule has 0 radical (unpaired) electrons. The minimum Gasteiger partial charge on any atom is -0.487 e. The first-order chi connectivity index (χ1) is 11.0. The first-order valence-electron chi connectivity index (χ1n) is 6.78. The van der Waals surface area contributed by atoms with Gasteiger partial charge in [0.05, 0.1) is 16.7 Å². The number of carboxylic acid groups (broad SMARTS) is 1. The highest BCUT2D eigenvalue weighted by molar-refractivity contribution is 7.07. The molecule has 0 atom stereocenters. The lowest BCUT2D eigenvalue weighted by molar-refractivity contribution is -0.137. The second kappa shape index (κ2) is 6.17. The van der Waals surface area contributed by atoms with Crippen molar-refractivity contribution in [3.8, 4) is 5.75 Å². The van der Waals surface area contributed by atoms with Crippen LogP contribution in [0.2, 0.25) is 0 Å². The molecule has 0 saturated carbocycles. The number of fused-ring (bicyclic) bond motifs is 1. The molecule has 2 aromatic heterocycles. The predicted molar refractivity (Wildman–Crippen MR) is 83.8 cm³/mol. The molecule has 0 bridgehead atoms. The van der Waals surface area contributed by atoms with Crippen molar-refractivity contribution in [3.63, 3.8) is 0 Å². The number of thiazole rings is 1. The molecule has 0 unspecified atom stereocenters. The van der Waals surface area contributed by atoms with Gasteiger partial charge in [-0.05, 0) is 18.2 Å². The Bertz CT molecular complexity index is 870. The van der Waals surface area contributed by atoms with Crippen molar-refractivity contribution in [1.29, 1.82) is 0 Å². The first-order valence-corrected chi connectivity index (χ1v) is 7.72. The quantitative estimate of drug-likeness (QED) is 0.697. The van der Waals surface area contributed by atoms with E-state index in [1.54, 1.807) is 23.7 Å². The Morgan fingerprint density at radius 3 is 2.87 bits per heavy atom. The number of hydrogen-bond acceptors (Lipinski definition) is 6. The summed E-state index contributed by atoms with van der Waals surface area (Å²) in [6, 6.07) is 5.12. The third-order valence-corrected chi connectivity index (χ3v) is 3.85. The van der Waals surface area contributed by atoms with E-state index in [2.05, 4.69) is 10.1 Å². The van der Waals surface area contributed by atoms with E-state index in [1.807, 2.05) is 5.38 Å². The molecule has 0 spiro atoms. The van der Waals surface area contributed by atoms with Crippen molar-refractivity contribution >= 4 is 34.0 Å². The number of ketones is 1. The van der Waals surface area contributed by atoms with E-state index in [0.717, 1.165) is 5.69 Å². The standard InChI is InChI=1S/C15H13N3O4S/c1-9(19)15-12-4-11(22-6-10-7-23-8-16-10)2-3-13(12)18(17-15)5-14(20)21/h2-4,7-8H,5-6H2,1H3,(H,20,21). The summed E-state index contributed by atoms with van der Waals surface area (Å²) in [6.45, 7) is 1.42. The molecule has 3 aromatic rings. The fourth-order valence-electron chi connectivity index (χ4n) is 2.22. The average Bonchev–Trinajstić information content (AvgIpc) is 3.12. The van der Waals surface area contributed by atoms with Crippen LogP contribution in [0.5, 0.6) is 5.75 Å². The Balaban J connectivity index is 1.95. The fourth-order valence-corrected chi connectivity index (χ4v) is 2.77. The van der Waals surface area contributed by atoms with Crippen molar-refractivity contribution in [1.82, 2.24) is 14.8 Å². The molecule has 0 aliphatic heterocycles. The van der Waals surface area contributed by atoms with E-state index in [4.69, 9.17) is 9.84 Å². The highest BCUT2D eigenvalue weighted by atomic mass is 32.1. The van der Waals surface area contributed by atoms with Crippen molar-refractivity contribution in [2.24, 2.45) is 0 Å². The topological polar surface area (TPSA) is 94.3 Å². The van der Waals surface area contributed by atoms with Crippen LogP contribution in [0.4, 0.5) is 0 Å². The van der Waals surface area contributed by atoms with Gasteiger partial charge in [0.15, 0.2) is 5.78 Å². The van der Waals surface area contributed by atoms with Crippen LogP contribution in [0.25, 0.3) is 10.9 Å². The van der Waals surface area contributed by atoms with Crippen LogP contribution in [0.15, 0.2) is 29.1 Å². The summed E-state index contributed by atoms with van der Waals surface area (Å²) >= 11 is 1.49. The van der Waals surface area contributed by atoms with Gasteiger partial charge in [0, 0.05) is 17.7 Å². The molecule has 0 amide bonds. The summed E-state index contributed by atoms with van der Waals surface area (Å²) in [5.41, 5.74) is 3.37. The SMILES string of the molecule is CC(=O)c1nn(CC(=O)O)c2ccc(OCc3cscn3)cc12. The van der Waals surface area contributed by atoms with Crippen LogP contribution in [-0.2, 0) is 17.9 Å². The number of carbonyl (C=O) groups is 2. The number of aliphatic carboxylic acids is 1. The summed E-state index contributed by atoms with van der Waals surface area (Å²) in [5.74, 6) is -0.674. The van der Waals surface area contributed by atoms with Gasteiger partial charge in [-0.15, -0.1) is 11.3 Å². The number of nitrogens with zero attached hydrogens (tertiary/aromatic N) is 3. The third kappa shape index (κ3) is 3.21. The Morgan fingerprint density at radius 1 is 1.39 bits per heavy atom. The first kappa shape index (κ1) is 15.2. The zero-order valence-electron chi connectivity index (χ0n) is 12.2. The summed E-state index contributed by atoms with van der Waals surface area (Å²) in [7, 11) is 0. The van der Waals surface area contributed by atoms with Gasteiger partial charge in [-0.2, -0.15) is 5.10 Å². The molecule has 2 heterocycles. The average molecular weight is 331 g/mol. The van der Waals surface area contributed by atoms with Gasteiger partial charge in [-0.3, -0.25) is 14.3 Å². The molecule has 1 N–H and O–H groups in total. The molecule has 0 aliphatic rings. The zero-order chi connectivity index (χ0) is 16.4. The summed E-state index contributed by atoms with van der Waals surface area (Å²) in [4.78, 5) is 26.8. The maximum absolute atomic E-state index is 11.7. The molecule has 0 aliphatic carbocycles. The maximum atomic E-state index is 11.7. The summed E-state index contributed by atoms with van der Waals surface area (Å²) < 4.78 is 6.97. The highest BCUT2D eigenvalue weighted by Gasteiger charge is 2.16. The second-order valence-electron chi connectivity index (χ2n) is 4.90. The molecule has 118 valence electrons. The van der Waals surface area contributed by atoms with E-state index in [0.29, 0.717) is 23.3 Å². The molecule has 1 aromatic carbocycles. The number of hydrogen-bond donors (Lipinski definition) is 1. The number of rotatable bonds is 6. The Morgan fingerprint density at radius 2 is 2.22 bits per heavy atom. The molecule has 0 fully saturated rings. The van der Waals surface area contributed by atoms with Gasteiger partial charge in [0.2, 0.25) is 0 Å². The number of carbonyl (C=O) groups excluding carboxylic acids is 1. The summed E-state index contributed by atoms with van der Waals surface area (Å²) in [5, 5.41) is 15.5. The fraction of sp³-hybridized carbons (Fsp3) is 0.200. The van der Waals surface area contributed by atoms with Gasteiger partial charge in [0.25, 0.3) is 0 Å².